The number of rotatable bonds is 9. The van der Waals surface area contributed by atoms with Crippen molar-refractivity contribution in [2.75, 3.05) is 26.2 Å². The number of likely N-dealkylation sites (N-methyl/N-ethyl adjacent to an activating group) is 1. The number of hydrogen-bond donors (Lipinski definition) is 1. The Morgan fingerprint density at radius 3 is 2.21 bits per heavy atom. The summed E-state index contributed by atoms with van der Waals surface area (Å²) in [6, 6.07) is 13.2. The van der Waals surface area contributed by atoms with Gasteiger partial charge in [0.25, 0.3) is 11.7 Å². The van der Waals surface area contributed by atoms with Gasteiger partial charge in [-0.2, -0.15) is 0 Å². The third kappa shape index (κ3) is 5.57. The van der Waals surface area contributed by atoms with Gasteiger partial charge in [0.05, 0.1) is 17.7 Å². The van der Waals surface area contributed by atoms with Gasteiger partial charge >= 0.3 is 0 Å². The molecule has 1 heterocycles. The van der Waals surface area contributed by atoms with Crippen LogP contribution in [-0.2, 0) is 9.59 Å². The molecule has 1 atom stereocenters. The van der Waals surface area contributed by atoms with Crippen molar-refractivity contribution < 1.29 is 19.4 Å². The summed E-state index contributed by atoms with van der Waals surface area (Å²) in [5.41, 5.74) is 1.26. The molecular weight excluding hydrogens is 440 g/mol. The quantitative estimate of drug-likeness (QED) is 0.321. The predicted octanol–water partition coefficient (Wildman–Crippen LogP) is 4.89. The summed E-state index contributed by atoms with van der Waals surface area (Å²) in [4.78, 5) is 29.9. The van der Waals surface area contributed by atoms with E-state index >= 15 is 0 Å². The average Bonchev–Trinajstić information content (AvgIpc) is 3.05. The van der Waals surface area contributed by atoms with Gasteiger partial charge in [-0.15, -0.1) is 0 Å². The zero-order chi connectivity index (χ0) is 24.1. The standard InChI is InChI=1S/C26H31ClN2O4/c1-5-28(6-2)15-16-29-23(18-9-13-21(14-10-18)33-17(3)4)22(25(31)26(29)32)24(30)19-7-11-20(27)12-8-19/h7-14,17,23,30H,5-6,15-16H2,1-4H3/t23-/m1/s1. The first-order chi connectivity index (χ1) is 15.8. The number of benzene rings is 2. The monoisotopic (exact) mass is 470 g/mol. The molecular formula is C26H31ClN2O4. The molecule has 0 unspecified atom stereocenters. The first-order valence-electron chi connectivity index (χ1n) is 11.3. The maximum atomic E-state index is 13.1. The number of aliphatic hydroxyl groups is 1. The Labute approximate surface area is 200 Å². The molecule has 1 fully saturated rings. The summed E-state index contributed by atoms with van der Waals surface area (Å²) in [7, 11) is 0. The number of ether oxygens (including phenoxy) is 1. The van der Waals surface area contributed by atoms with Crippen LogP contribution in [0.3, 0.4) is 0 Å². The van der Waals surface area contributed by atoms with Crippen molar-refractivity contribution in [1.29, 1.82) is 0 Å². The SMILES string of the molecule is CCN(CC)CCN1C(=O)C(=O)C(=C(O)c2ccc(Cl)cc2)[C@H]1c1ccc(OC(C)C)cc1. The summed E-state index contributed by atoms with van der Waals surface area (Å²) in [5, 5.41) is 11.6. The summed E-state index contributed by atoms with van der Waals surface area (Å²) in [5.74, 6) is -0.797. The van der Waals surface area contributed by atoms with Gasteiger partial charge in [-0.05, 0) is 68.9 Å². The molecule has 33 heavy (non-hydrogen) atoms. The molecule has 0 spiro atoms. The number of hydrogen-bond acceptors (Lipinski definition) is 5. The highest BCUT2D eigenvalue weighted by Gasteiger charge is 2.45. The molecule has 2 aromatic rings. The lowest BCUT2D eigenvalue weighted by molar-refractivity contribution is -0.140. The molecule has 1 N–H and O–H groups in total. The van der Waals surface area contributed by atoms with Gasteiger partial charge in [-0.3, -0.25) is 9.59 Å². The van der Waals surface area contributed by atoms with Crippen molar-refractivity contribution in [3.05, 3.63) is 70.3 Å². The zero-order valence-electron chi connectivity index (χ0n) is 19.5. The Kier molecular flexibility index (Phi) is 8.16. The van der Waals surface area contributed by atoms with Crippen molar-refractivity contribution in [3.63, 3.8) is 0 Å². The highest BCUT2D eigenvalue weighted by molar-refractivity contribution is 6.46. The Bertz CT molecular complexity index is 1010. The second-order valence-corrected chi connectivity index (χ2v) is 8.70. The molecule has 7 heteroatoms. The number of Topliss-reactive ketones (excluding diaryl/α,β-unsaturated/α-hetero) is 1. The van der Waals surface area contributed by atoms with E-state index in [2.05, 4.69) is 18.7 Å². The van der Waals surface area contributed by atoms with Gasteiger partial charge < -0.3 is 19.6 Å². The number of aliphatic hydroxyl groups excluding tert-OH is 1. The first-order valence-corrected chi connectivity index (χ1v) is 11.7. The maximum absolute atomic E-state index is 13.1. The molecule has 0 aromatic heterocycles. The number of amides is 1. The molecule has 0 bridgehead atoms. The van der Waals surface area contributed by atoms with Gasteiger partial charge in [0.2, 0.25) is 0 Å². The highest BCUT2D eigenvalue weighted by Crippen LogP contribution is 2.39. The molecule has 1 saturated heterocycles. The van der Waals surface area contributed by atoms with Crippen LogP contribution >= 0.6 is 11.6 Å². The number of nitrogens with zero attached hydrogens (tertiary/aromatic N) is 2. The zero-order valence-corrected chi connectivity index (χ0v) is 20.3. The molecule has 1 aliphatic rings. The third-order valence-electron chi connectivity index (χ3n) is 5.78. The van der Waals surface area contributed by atoms with E-state index in [0.29, 0.717) is 29.4 Å². The van der Waals surface area contributed by atoms with Crippen LogP contribution in [0.1, 0.15) is 44.9 Å². The van der Waals surface area contributed by atoms with E-state index in [1.54, 1.807) is 29.2 Å². The Hall–Kier alpha value is -2.83. The second-order valence-electron chi connectivity index (χ2n) is 8.26. The topological polar surface area (TPSA) is 70.1 Å². The van der Waals surface area contributed by atoms with E-state index in [1.165, 1.54) is 0 Å². The molecule has 2 aromatic carbocycles. The minimum absolute atomic E-state index is 0.0282. The number of likely N-dealkylation sites (tertiary alicyclic amines) is 1. The summed E-state index contributed by atoms with van der Waals surface area (Å²) < 4.78 is 5.74. The average molecular weight is 471 g/mol. The number of carbonyl (C=O) groups excluding carboxylic acids is 2. The smallest absolute Gasteiger partial charge is 0.295 e. The van der Waals surface area contributed by atoms with E-state index in [0.717, 1.165) is 18.7 Å². The molecule has 0 aliphatic carbocycles. The van der Waals surface area contributed by atoms with Gasteiger partial charge in [-0.1, -0.05) is 37.6 Å². The minimum Gasteiger partial charge on any atom is -0.507 e. The Balaban J connectivity index is 2.06. The fourth-order valence-corrected chi connectivity index (χ4v) is 4.14. The Morgan fingerprint density at radius 2 is 1.67 bits per heavy atom. The number of ketones is 1. The lowest BCUT2D eigenvalue weighted by Gasteiger charge is -2.28. The van der Waals surface area contributed by atoms with Gasteiger partial charge in [0, 0.05) is 23.7 Å². The second kappa shape index (κ2) is 10.9. The summed E-state index contributed by atoms with van der Waals surface area (Å²) in [6.45, 7) is 10.7. The van der Waals surface area contributed by atoms with Crippen LogP contribution in [0.15, 0.2) is 54.1 Å². The van der Waals surface area contributed by atoms with Crippen LogP contribution in [0.25, 0.3) is 5.76 Å². The largest absolute Gasteiger partial charge is 0.507 e. The molecule has 0 saturated carbocycles. The van der Waals surface area contributed by atoms with Gasteiger partial charge in [0.15, 0.2) is 0 Å². The van der Waals surface area contributed by atoms with Gasteiger partial charge in [-0.25, -0.2) is 0 Å². The van der Waals surface area contributed by atoms with Crippen LogP contribution in [-0.4, -0.2) is 58.9 Å². The molecule has 1 amide bonds. The molecule has 0 radical (unpaired) electrons. The third-order valence-corrected chi connectivity index (χ3v) is 6.03. The van der Waals surface area contributed by atoms with Crippen LogP contribution in [0, 0.1) is 0 Å². The highest BCUT2D eigenvalue weighted by atomic mass is 35.5. The number of halogens is 1. The van der Waals surface area contributed by atoms with Crippen LogP contribution in [0.4, 0.5) is 0 Å². The van der Waals surface area contributed by atoms with Crippen LogP contribution in [0.5, 0.6) is 5.75 Å². The molecule has 6 nitrogen and oxygen atoms in total. The molecule has 1 aliphatic heterocycles. The fraction of sp³-hybridized carbons (Fsp3) is 0.385. The molecule has 3 rings (SSSR count). The predicted molar refractivity (Wildman–Crippen MR) is 130 cm³/mol. The van der Waals surface area contributed by atoms with E-state index in [-0.39, 0.29) is 17.4 Å². The summed E-state index contributed by atoms with van der Waals surface area (Å²) in [6.07, 6.45) is 0.0282. The Morgan fingerprint density at radius 1 is 1.06 bits per heavy atom. The lowest BCUT2D eigenvalue weighted by atomic mass is 9.95. The number of carbonyl (C=O) groups is 2. The lowest BCUT2D eigenvalue weighted by Crippen LogP contribution is -2.38. The van der Waals surface area contributed by atoms with Crippen molar-refractivity contribution in [2.45, 2.75) is 39.8 Å². The van der Waals surface area contributed by atoms with Crippen LogP contribution < -0.4 is 4.74 Å². The van der Waals surface area contributed by atoms with E-state index in [1.807, 2.05) is 38.1 Å². The van der Waals surface area contributed by atoms with Gasteiger partial charge in [0.1, 0.15) is 11.5 Å². The normalized spacial score (nSPS) is 17.9. The van der Waals surface area contributed by atoms with E-state index < -0.39 is 17.7 Å². The maximum Gasteiger partial charge on any atom is 0.295 e. The van der Waals surface area contributed by atoms with E-state index in [9.17, 15) is 14.7 Å². The first kappa shape index (κ1) is 24.8. The summed E-state index contributed by atoms with van der Waals surface area (Å²) >= 11 is 5.98. The molecule has 176 valence electrons. The fourth-order valence-electron chi connectivity index (χ4n) is 4.01. The van der Waals surface area contributed by atoms with Crippen molar-refractivity contribution in [3.8, 4) is 5.75 Å². The van der Waals surface area contributed by atoms with Crippen molar-refractivity contribution >= 4 is 29.1 Å². The van der Waals surface area contributed by atoms with Crippen LogP contribution in [0.2, 0.25) is 5.02 Å². The van der Waals surface area contributed by atoms with Crippen molar-refractivity contribution in [2.24, 2.45) is 0 Å². The van der Waals surface area contributed by atoms with Crippen molar-refractivity contribution in [1.82, 2.24) is 9.80 Å². The van der Waals surface area contributed by atoms with E-state index in [4.69, 9.17) is 16.3 Å². The minimum atomic E-state index is -0.690.